The van der Waals surface area contributed by atoms with Crippen LogP contribution >= 0.6 is 0 Å². The first-order chi connectivity index (χ1) is 11.2. The number of hydrogen-bond acceptors (Lipinski definition) is 4. The van der Waals surface area contributed by atoms with E-state index in [9.17, 15) is 4.79 Å². The quantitative estimate of drug-likeness (QED) is 0.788. The first-order valence-electron chi connectivity index (χ1n) is 8.69. The fourth-order valence-corrected chi connectivity index (χ4v) is 4.38. The van der Waals surface area contributed by atoms with Crippen LogP contribution in [-0.2, 0) is 13.0 Å². The summed E-state index contributed by atoms with van der Waals surface area (Å²) in [5, 5.41) is 10.3. The summed E-state index contributed by atoms with van der Waals surface area (Å²) >= 11 is 0. The van der Waals surface area contributed by atoms with Crippen molar-refractivity contribution in [2.75, 3.05) is 20.2 Å². The number of hydrogen-bond donors (Lipinski definition) is 3. The monoisotopic (exact) mass is 315 g/mol. The zero-order chi connectivity index (χ0) is 15.9. The van der Waals surface area contributed by atoms with Crippen molar-refractivity contribution in [2.45, 2.75) is 50.2 Å². The highest BCUT2D eigenvalue weighted by Crippen LogP contribution is 2.39. The molecule has 1 atom stereocenters. The lowest BCUT2D eigenvalue weighted by Crippen LogP contribution is -2.59. The molecule has 1 saturated heterocycles. The lowest BCUT2D eigenvalue weighted by Gasteiger charge is -2.43. The van der Waals surface area contributed by atoms with Gasteiger partial charge in [0.15, 0.2) is 0 Å². The molecule has 5 heteroatoms. The van der Waals surface area contributed by atoms with Gasteiger partial charge in [-0.1, -0.05) is 0 Å². The van der Waals surface area contributed by atoms with Gasteiger partial charge < -0.3 is 20.7 Å². The maximum Gasteiger partial charge on any atom is 0.251 e. The van der Waals surface area contributed by atoms with Crippen LogP contribution in [0.4, 0.5) is 0 Å². The molecule has 1 spiro atoms. The summed E-state index contributed by atoms with van der Waals surface area (Å²) < 4.78 is 5.46. The second-order valence-electron chi connectivity index (χ2n) is 6.95. The zero-order valence-corrected chi connectivity index (χ0v) is 13.7. The summed E-state index contributed by atoms with van der Waals surface area (Å²) in [4.78, 5) is 12.9. The Hall–Kier alpha value is -1.59. The molecule has 2 heterocycles. The van der Waals surface area contributed by atoms with Gasteiger partial charge in [-0.05, 0) is 62.9 Å². The van der Waals surface area contributed by atoms with Crippen LogP contribution in [0.3, 0.4) is 0 Å². The number of rotatable bonds is 3. The third kappa shape index (κ3) is 2.42. The van der Waals surface area contributed by atoms with Crippen LogP contribution < -0.4 is 20.7 Å². The standard InChI is InChI=1S/C18H25N3O2/c1-23-15-4-3-13(12-5-9-19-11-14(12)15)17(22)21-16-6-10-20-18(16)7-2-8-18/h3-4,16,19-20H,2,5-11H2,1H3,(H,21,22). The molecule has 1 unspecified atom stereocenters. The number of carbonyl (C=O) groups excluding carboxylic acids is 1. The Morgan fingerprint density at radius 2 is 2.17 bits per heavy atom. The number of amides is 1. The first-order valence-corrected chi connectivity index (χ1v) is 8.69. The van der Waals surface area contributed by atoms with Gasteiger partial charge in [0, 0.05) is 29.3 Å². The third-order valence-electron chi connectivity index (χ3n) is 5.83. The largest absolute Gasteiger partial charge is 0.496 e. The summed E-state index contributed by atoms with van der Waals surface area (Å²) in [7, 11) is 1.69. The fourth-order valence-electron chi connectivity index (χ4n) is 4.38. The van der Waals surface area contributed by atoms with Crippen molar-refractivity contribution in [2.24, 2.45) is 0 Å². The second-order valence-corrected chi connectivity index (χ2v) is 6.95. The molecule has 0 bridgehead atoms. The number of fused-ring (bicyclic) bond motifs is 1. The molecule has 124 valence electrons. The van der Waals surface area contributed by atoms with Gasteiger partial charge in [0.1, 0.15) is 5.75 Å². The molecule has 3 N–H and O–H groups in total. The van der Waals surface area contributed by atoms with Crippen molar-refractivity contribution in [3.8, 4) is 5.75 Å². The molecule has 1 aliphatic carbocycles. The number of ether oxygens (including phenoxy) is 1. The molecule has 1 aromatic rings. The Labute approximate surface area is 137 Å². The van der Waals surface area contributed by atoms with Crippen LogP contribution in [0.2, 0.25) is 0 Å². The number of methoxy groups -OCH3 is 1. The molecule has 2 aliphatic heterocycles. The summed E-state index contributed by atoms with van der Waals surface area (Å²) in [6.07, 6.45) is 5.54. The number of nitrogens with one attached hydrogen (secondary N) is 3. The summed E-state index contributed by atoms with van der Waals surface area (Å²) in [6, 6.07) is 4.11. The van der Waals surface area contributed by atoms with Crippen LogP contribution in [0.5, 0.6) is 5.75 Å². The highest BCUT2D eigenvalue weighted by atomic mass is 16.5. The molecule has 1 amide bonds. The van der Waals surface area contributed by atoms with E-state index in [1.54, 1.807) is 7.11 Å². The predicted octanol–water partition coefficient (Wildman–Crippen LogP) is 1.36. The van der Waals surface area contributed by atoms with Gasteiger partial charge >= 0.3 is 0 Å². The van der Waals surface area contributed by atoms with Crippen LogP contribution in [0.25, 0.3) is 0 Å². The van der Waals surface area contributed by atoms with Gasteiger partial charge in [-0.25, -0.2) is 0 Å². The Kier molecular flexibility index (Phi) is 3.77. The van der Waals surface area contributed by atoms with E-state index < -0.39 is 0 Å². The first kappa shape index (κ1) is 15.0. The SMILES string of the molecule is COc1ccc(C(=O)NC2CCNC23CCC3)c2c1CNCC2. The molecule has 0 radical (unpaired) electrons. The van der Waals surface area contributed by atoms with Gasteiger partial charge in [0.25, 0.3) is 5.91 Å². The van der Waals surface area contributed by atoms with E-state index >= 15 is 0 Å². The molecular formula is C18H25N3O2. The van der Waals surface area contributed by atoms with Crippen molar-refractivity contribution < 1.29 is 9.53 Å². The average molecular weight is 315 g/mol. The maximum absolute atomic E-state index is 12.9. The normalized spacial score (nSPS) is 24.8. The van der Waals surface area contributed by atoms with Crippen molar-refractivity contribution >= 4 is 5.91 Å². The number of benzene rings is 1. The van der Waals surface area contributed by atoms with E-state index in [1.165, 1.54) is 19.3 Å². The summed E-state index contributed by atoms with van der Waals surface area (Å²) in [5.41, 5.74) is 3.27. The van der Waals surface area contributed by atoms with Gasteiger partial charge in [-0.2, -0.15) is 0 Å². The Morgan fingerprint density at radius 3 is 2.91 bits per heavy atom. The summed E-state index contributed by atoms with van der Waals surface area (Å²) in [5.74, 6) is 0.951. The minimum Gasteiger partial charge on any atom is -0.496 e. The van der Waals surface area contributed by atoms with E-state index in [1.807, 2.05) is 12.1 Å². The van der Waals surface area contributed by atoms with Crippen molar-refractivity contribution in [3.05, 3.63) is 28.8 Å². The Bertz CT molecular complexity index is 625. The molecule has 3 aliphatic rings. The van der Waals surface area contributed by atoms with Gasteiger partial charge in [0.2, 0.25) is 0 Å². The Morgan fingerprint density at radius 1 is 1.30 bits per heavy atom. The Balaban J connectivity index is 1.59. The van der Waals surface area contributed by atoms with E-state index in [-0.39, 0.29) is 17.5 Å². The van der Waals surface area contributed by atoms with Crippen LogP contribution in [0.15, 0.2) is 12.1 Å². The fraction of sp³-hybridized carbons (Fsp3) is 0.611. The number of carbonyl (C=O) groups is 1. The van der Waals surface area contributed by atoms with Crippen molar-refractivity contribution in [3.63, 3.8) is 0 Å². The topological polar surface area (TPSA) is 62.4 Å². The van der Waals surface area contributed by atoms with E-state index in [0.29, 0.717) is 0 Å². The van der Waals surface area contributed by atoms with Gasteiger partial charge in [-0.3, -0.25) is 4.79 Å². The van der Waals surface area contributed by atoms with Crippen LogP contribution in [0.1, 0.15) is 47.2 Å². The molecule has 23 heavy (non-hydrogen) atoms. The third-order valence-corrected chi connectivity index (χ3v) is 5.83. The van der Waals surface area contributed by atoms with E-state index in [0.717, 1.165) is 54.9 Å². The van der Waals surface area contributed by atoms with Crippen LogP contribution in [-0.4, -0.2) is 37.7 Å². The van der Waals surface area contributed by atoms with Crippen molar-refractivity contribution in [1.82, 2.24) is 16.0 Å². The zero-order valence-electron chi connectivity index (χ0n) is 13.7. The molecular weight excluding hydrogens is 290 g/mol. The molecule has 0 aromatic heterocycles. The predicted molar refractivity (Wildman–Crippen MR) is 88.9 cm³/mol. The second kappa shape index (κ2) is 5.80. The molecule has 1 saturated carbocycles. The van der Waals surface area contributed by atoms with Crippen molar-refractivity contribution in [1.29, 1.82) is 0 Å². The maximum atomic E-state index is 12.9. The lowest BCUT2D eigenvalue weighted by molar-refractivity contribution is 0.0880. The van der Waals surface area contributed by atoms with E-state index in [4.69, 9.17) is 4.74 Å². The minimum absolute atomic E-state index is 0.0748. The summed E-state index contributed by atoms with van der Waals surface area (Å²) in [6.45, 7) is 2.69. The smallest absolute Gasteiger partial charge is 0.251 e. The molecule has 5 nitrogen and oxygen atoms in total. The highest BCUT2D eigenvalue weighted by molar-refractivity contribution is 5.96. The van der Waals surface area contributed by atoms with Gasteiger partial charge in [-0.15, -0.1) is 0 Å². The molecule has 1 aromatic carbocycles. The average Bonchev–Trinajstić information content (AvgIpc) is 2.97. The van der Waals surface area contributed by atoms with Crippen LogP contribution in [0, 0.1) is 0 Å². The van der Waals surface area contributed by atoms with Gasteiger partial charge in [0.05, 0.1) is 7.11 Å². The highest BCUT2D eigenvalue weighted by Gasteiger charge is 2.47. The molecule has 2 fully saturated rings. The lowest BCUT2D eigenvalue weighted by atomic mass is 9.73. The minimum atomic E-state index is 0.0748. The molecule has 4 rings (SSSR count). The van der Waals surface area contributed by atoms with E-state index in [2.05, 4.69) is 16.0 Å².